The summed E-state index contributed by atoms with van der Waals surface area (Å²) < 4.78 is 0. The summed E-state index contributed by atoms with van der Waals surface area (Å²) in [6.45, 7) is 16.7. The lowest BCUT2D eigenvalue weighted by Gasteiger charge is -2.33. The molecule has 21 heavy (non-hydrogen) atoms. The Kier molecular flexibility index (Phi) is 5.83. The minimum Gasteiger partial charge on any atom is -0.342 e. The Morgan fingerprint density at radius 1 is 1.19 bits per heavy atom. The lowest BCUT2D eigenvalue weighted by molar-refractivity contribution is -0.136. The molecule has 1 aliphatic heterocycles. The molecule has 1 aliphatic rings. The average Bonchev–Trinajstić information content (AvgIpc) is 2.68. The number of rotatable bonds is 5. The molecule has 0 bridgehead atoms. The van der Waals surface area contributed by atoms with Crippen molar-refractivity contribution in [2.24, 2.45) is 17.8 Å². The van der Waals surface area contributed by atoms with Gasteiger partial charge in [-0.1, -0.05) is 27.7 Å². The molecule has 4 nitrogen and oxygen atoms in total. The zero-order chi connectivity index (χ0) is 16.4. The number of likely N-dealkylation sites (tertiary alicyclic amines) is 1. The molecule has 1 heterocycles. The Morgan fingerprint density at radius 2 is 1.67 bits per heavy atom. The summed E-state index contributed by atoms with van der Waals surface area (Å²) in [4.78, 5) is 28.7. The smallest absolute Gasteiger partial charge is 0.228 e. The molecule has 0 saturated carbocycles. The van der Waals surface area contributed by atoms with E-state index in [1.165, 1.54) is 0 Å². The van der Waals surface area contributed by atoms with E-state index in [9.17, 15) is 9.59 Å². The maximum Gasteiger partial charge on any atom is 0.228 e. The van der Waals surface area contributed by atoms with Gasteiger partial charge in [0, 0.05) is 31.6 Å². The second-order valence-corrected chi connectivity index (χ2v) is 8.11. The summed E-state index contributed by atoms with van der Waals surface area (Å²) in [5.41, 5.74) is -0.201. The first kappa shape index (κ1) is 18.0. The molecule has 0 radical (unpaired) electrons. The standard InChI is InChI=1S/C17H32N2O2/c1-12(2)9-18(10-13(3)4)16(21)14-8-15(20)19(11-14)17(5,6)7/h12-14H,8-11H2,1-7H3/t14-/m0/s1. The molecular weight excluding hydrogens is 264 g/mol. The molecular formula is C17H32N2O2. The van der Waals surface area contributed by atoms with E-state index in [4.69, 9.17) is 0 Å². The first-order valence-electron chi connectivity index (χ1n) is 8.11. The van der Waals surface area contributed by atoms with Gasteiger partial charge in [-0.15, -0.1) is 0 Å². The lowest BCUT2D eigenvalue weighted by atomic mass is 10.0. The van der Waals surface area contributed by atoms with Gasteiger partial charge >= 0.3 is 0 Å². The fraction of sp³-hybridized carbons (Fsp3) is 0.882. The van der Waals surface area contributed by atoms with Gasteiger partial charge in [0.15, 0.2) is 0 Å². The van der Waals surface area contributed by atoms with Crippen LogP contribution in [0.5, 0.6) is 0 Å². The van der Waals surface area contributed by atoms with Crippen LogP contribution in [0.2, 0.25) is 0 Å². The van der Waals surface area contributed by atoms with E-state index in [-0.39, 0.29) is 23.3 Å². The molecule has 0 N–H and O–H groups in total. The third-order valence-corrected chi connectivity index (χ3v) is 3.77. The molecule has 0 aliphatic carbocycles. The van der Waals surface area contributed by atoms with E-state index < -0.39 is 0 Å². The van der Waals surface area contributed by atoms with Crippen LogP contribution in [0.3, 0.4) is 0 Å². The van der Waals surface area contributed by atoms with E-state index in [0.29, 0.717) is 24.8 Å². The second-order valence-electron chi connectivity index (χ2n) is 8.11. The third-order valence-electron chi connectivity index (χ3n) is 3.77. The van der Waals surface area contributed by atoms with Crippen LogP contribution >= 0.6 is 0 Å². The largest absolute Gasteiger partial charge is 0.342 e. The Morgan fingerprint density at radius 3 is 2.00 bits per heavy atom. The Balaban J connectivity index is 2.79. The van der Waals surface area contributed by atoms with Crippen molar-refractivity contribution < 1.29 is 9.59 Å². The van der Waals surface area contributed by atoms with Crippen molar-refractivity contribution in [3.8, 4) is 0 Å². The van der Waals surface area contributed by atoms with Crippen molar-refractivity contribution >= 4 is 11.8 Å². The summed E-state index contributed by atoms with van der Waals surface area (Å²) >= 11 is 0. The Hall–Kier alpha value is -1.06. The van der Waals surface area contributed by atoms with E-state index in [1.807, 2.05) is 30.6 Å². The number of hydrogen-bond acceptors (Lipinski definition) is 2. The average molecular weight is 296 g/mol. The number of carbonyl (C=O) groups is 2. The van der Waals surface area contributed by atoms with Gasteiger partial charge in [0.05, 0.1) is 5.92 Å². The minimum absolute atomic E-state index is 0.106. The number of hydrogen-bond donors (Lipinski definition) is 0. The van der Waals surface area contributed by atoms with Crippen molar-refractivity contribution in [1.82, 2.24) is 9.80 Å². The summed E-state index contributed by atoms with van der Waals surface area (Å²) in [7, 11) is 0. The van der Waals surface area contributed by atoms with Gasteiger partial charge in [-0.3, -0.25) is 9.59 Å². The first-order chi connectivity index (χ1) is 9.52. The van der Waals surface area contributed by atoms with Crippen molar-refractivity contribution in [3.05, 3.63) is 0 Å². The summed E-state index contributed by atoms with van der Waals surface area (Å²) in [6, 6.07) is 0. The fourth-order valence-corrected chi connectivity index (χ4v) is 2.92. The molecule has 1 fully saturated rings. The predicted molar refractivity (Wildman–Crippen MR) is 85.8 cm³/mol. The van der Waals surface area contributed by atoms with E-state index in [0.717, 1.165) is 13.1 Å². The summed E-state index contributed by atoms with van der Waals surface area (Å²) in [5, 5.41) is 0. The van der Waals surface area contributed by atoms with Crippen LogP contribution in [0.25, 0.3) is 0 Å². The zero-order valence-electron chi connectivity index (χ0n) is 14.8. The maximum absolute atomic E-state index is 12.8. The highest BCUT2D eigenvalue weighted by molar-refractivity contribution is 5.89. The highest BCUT2D eigenvalue weighted by Crippen LogP contribution is 2.27. The zero-order valence-corrected chi connectivity index (χ0v) is 14.8. The van der Waals surface area contributed by atoms with Crippen LogP contribution in [0, 0.1) is 17.8 Å². The van der Waals surface area contributed by atoms with Gasteiger partial charge < -0.3 is 9.80 Å². The van der Waals surface area contributed by atoms with Crippen LogP contribution in [0.15, 0.2) is 0 Å². The highest BCUT2D eigenvalue weighted by atomic mass is 16.2. The molecule has 0 aromatic rings. The van der Waals surface area contributed by atoms with Gasteiger partial charge in [-0.25, -0.2) is 0 Å². The molecule has 2 amide bonds. The van der Waals surface area contributed by atoms with Crippen LogP contribution in [0.4, 0.5) is 0 Å². The molecule has 0 spiro atoms. The van der Waals surface area contributed by atoms with Gasteiger partial charge in [0.2, 0.25) is 11.8 Å². The SMILES string of the molecule is CC(C)CN(CC(C)C)C(=O)[C@H]1CC(=O)N(C(C)(C)C)C1. The number of nitrogens with zero attached hydrogens (tertiary/aromatic N) is 2. The van der Waals surface area contributed by atoms with Crippen molar-refractivity contribution in [2.75, 3.05) is 19.6 Å². The van der Waals surface area contributed by atoms with Crippen LogP contribution in [-0.2, 0) is 9.59 Å². The van der Waals surface area contributed by atoms with Gasteiger partial charge in [0.1, 0.15) is 0 Å². The predicted octanol–water partition coefficient (Wildman–Crippen LogP) is 2.77. The van der Waals surface area contributed by atoms with E-state index >= 15 is 0 Å². The molecule has 4 heteroatoms. The Bertz CT molecular complexity index is 373. The van der Waals surface area contributed by atoms with Crippen molar-refractivity contribution in [3.63, 3.8) is 0 Å². The summed E-state index contributed by atoms with van der Waals surface area (Å²) in [6.07, 6.45) is 0.364. The number of carbonyl (C=O) groups excluding carboxylic acids is 2. The maximum atomic E-state index is 12.8. The number of amides is 2. The fourth-order valence-electron chi connectivity index (χ4n) is 2.92. The second kappa shape index (κ2) is 6.80. The van der Waals surface area contributed by atoms with Crippen molar-refractivity contribution in [1.29, 1.82) is 0 Å². The quantitative estimate of drug-likeness (QED) is 0.782. The van der Waals surface area contributed by atoms with Crippen LogP contribution < -0.4 is 0 Å². The normalized spacial score (nSPS) is 19.8. The van der Waals surface area contributed by atoms with Gasteiger partial charge in [-0.05, 0) is 32.6 Å². The van der Waals surface area contributed by atoms with Crippen LogP contribution in [-0.4, -0.2) is 46.8 Å². The monoisotopic (exact) mass is 296 g/mol. The van der Waals surface area contributed by atoms with E-state index in [1.54, 1.807) is 0 Å². The molecule has 122 valence electrons. The Labute approximate surface area is 129 Å². The minimum atomic E-state index is -0.201. The lowest BCUT2D eigenvalue weighted by Crippen LogP contribution is -2.44. The van der Waals surface area contributed by atoms with E-state index in [2.05, 4.69) is 27.7 Å². The summed E-state index contributed by atoms with van der Waals surface area (Å²) in [5.74, 6) is 0.980. The molecule has 0 unspecified atom stereocenters. The molecule has 1 atom stereocenters. The molecule has 1 rings (SSSR count). The highest BCUT2D eigenvalue weighted by Gasteiger charge is 2.40. The topological polar surface area (TPSA) is 40.6 Å². The van der Waals surface area contributed by atoms with Gasteiger partial charge in [0.25, 0.3) is 0 Å². The molecule has 1 saturated heterocycles. The molecule has 0 aromatic carbocycles. The van der Waals surface area contributed by atoms with Crippen molar-refractivity contribution in [2.45, 2.75) is 60.4 Å². The third kappa shape index (κ3) is 5.01. The molecule has 0 aromatic heterocycles. The van der Waals surface area contributed by atoms with Gasteiger partial charge in [-0.2, -0.15) is 0 Å². The van der Waals surface area contributed by atoms with Crippen LogP contribution in [0.1, 0.15) is 54.9 Å². The first-order valence-corrected chi connectivity index (χ1v) is 8.11.